The zero-order valence-corrected chi connectivity index (χ0v) is 11.3. The Labute approximate surface area is 118 Å². The lowest BCUT2D eigenvalue weighted by molar-refractivity contribution is 0.0697. The van der Waals surface area contributed by atoms with E-state index >= 15 is 0 Å². The van der Waals surface area contributed by atoms with Crippen LogP contribution >= 0.6 is 0 Å². The number of rotatable bonds is 4. The van der Waals surface area contributed by atoms with E-state index in [1.165, 1.54) is 0 Å². The molecule has 20 heavy (non-hydrogen) atoms. The average Bonchev–Trinajstić information content (AvgIpc) is 2.53. The van der Waals surface area contributed by atoms with Crippen LogP contribution in [0.2, 0.25) is 0 Å². The van der Waals surface area contributed by atoms with Crippen molar-refractivity contribution in [2.45, 2.75) is 0 Å². The number of carboxylic acid groups (broad SMARTS) is 1. The maximum absolute atomic E-state index is 11.1. The molecule has 0 fully saturated rings. The van der Waals surface area contributed by atoms with E-state index in [0.29, 0.717) is 11.3 Å². The Morgan fingerprint density at radius 1 is 1.00 bits per heavy atom. The molecule has 0 bridgehead atoms. The van der Waals surface area contributed by atoms with Crippen molar-refractivity contribution in [3.05, 3.63) is 54.1 Å². The molecule has 0 saturated carbocycles. The van der Waals surface area contributed by atoms with Crippen LogP contribution in [0.4, 0.5) is 17.1 Å². The van der Waals surface area contributed by atoms with Gasteiger partial charge in [-0.25, -0.2) is 4.79 Å². The SMILES string of the molecule is [2H]OC(=O)c1ccc(N=Nc2ccc(N(C)C)cc2)cc1. The highest BCUT2D eigenvalue weighted by Crippen LogP contribution is 2.21. The van der Waals surface area contributed by atoms with Crippen molar-refractivity contribution in [1.29, 1.82) is 1.43 Å². The normalized spacial score (nSPS) is 11.2. The minimum absolute atomic E-state index is 0.305. The molecular weight excluding hydrogens is 254 g/mol. The van der Waals surface area contributed by atoms with Crippen molar-refractivity contribution >= 4 is 23.0 Å². The number of aromatic carboxylic acids is 1. The average molecular weight is 270 g/mol. The van der Waals surface area contributed by atoms with Gasteiger partial charge in [-0.3, -0.25) is 0 Å². The molecular formula is C15H15N3O2. The van der Waals surface area contributed by atoms with Gasteiger partial charge in [0.15, 0.2) is 0 Å². The van der Waals surface area contributed by atoms with E-state index in [4.69, 9.17) is 1.43 Å². The second kappa shape index (κ2) is 5.97. The topological polar surface area (TPSA) is 65.3 Å². The molecule has 0 aliphatic heterocycles. The lowest BCUT2D eigenvalue weighted by Gasteiger charge is -2.11. The van der Waals surface area contributed by atoms with Gasteiger partial charge in [-0.15, -0.1) is 0 Å². The van der Waals surface area contributed by atoms with Gasteiger partial charge in [0.05, 0.1) is 16.9 Å². The van der Waals surface area contributed by atoms with Crippen LogP contribution in [0, 0.1) is 0 Å². The summed E-state index contributed by atoms with van der Waals surface area (Å²) in [5.41, 5.74) is 2.76. The summed E-state index contributed by atoms with van der Waals surface area (Å²) in [6, 6.07) is 14.0. The zero-order chi connectivity index (χ0) is 15.2. The Morgan fingerprint density at radius 2 is 1.50 bits per heavy atom. The smallest absolute Gasteiger partial charge is 0.335 e. The highest BCUT2D eigenvalue weighted by atomic mass is 16.4. The first-order valence-electron chi connectivity index (χ1n) is 6.47. The van der Waals surface area contributed by atoms with Crippen molar-refractivity contribution in [1.82, 2.24) is 0 Å². The lowest BCUT2D eigenvalue weighted by Crippen LogP contribution is -2.07. The minimum Gasteiger partial charge on any atom is -0.478 e. The monoisotopic (exact) mass is 270 g/mol. The van der Waals surface area contributed by atoms with Gasteiger partial charge in [-0.2, -0.15) is 10.2 Å². The van der Waals surface area contributed by atoms with Gasteiger partial charge in [0, 0.05) is 19.8 Å². The highest BCUT2D eigenvalue weighted by Gasteiger charge is 2.01. The molecule has 0 radical (unpaired) electrons. The second-order valence-corrected chi connectivity index (χ2v) is 4.45. The van der Waals surface area contributed by atoms with Gasteiger partial charge >= 0.3 is 5.97 Å². The van der Waals surface area contributed by atoms with Crippen LogP contribution < -0.4 is 4.90 Å². The summed E-state index contributed by atoms with van der Waals surface area (Å²) in [6.07, 6.45) is 0. The molecule has 2 rings (SSSR count). The molecule has 1 N–H and O–H groups in total. The van der Waals surface area contributed by atoms with Gasteiger partial charge in [0.25, 0.3) is 1.43 Å². The van der Waals surface area contributed by atoms with E-state index < -0.39 is 5.97 Å². The Morgan fingerprint density at radius 3 is 1.95 bits per heavy atom. The van der Waals surface area contributed by atoms with Crippen molar-refractivity contribution < 1.29 is 9.90 Å². The molecule has 0 unspecified atom stereocenters. The summed E-state index contributed by atoms with van der Waals surface area (Å²) < 4.78 is 6.55. The van der Waals surface area contributed by atoms with Crippen molar-refractivity contribution in [3.8, 4) is 0 Å². The number of hydrogen-bond donors (Lipinski definition) is 1. The molecule has 102 valence electrons. The van der Waals surface area contributed by atoms with E-state index in [-0.39, 0.29) is 0 Å². The Bertz CT molecular complexity index is 637. The Kier molecular flexibility index (Phi) is 3.68. The van der Waals surface area contributed by atoms with Crippen LogP contribution in [0.3, 0.4) is 0 Å². The number of nitrogens with zero attached hydrogens (tertiary/aromatic N) is 3. The van der Waals surface area contributed by atoms with E-state index in [9.17, 15) is 4.79 Å². The highest BCUT2D eigenvalue weighted by molar-refractivity contribution is 5.87. The fourth-order valence-corrected chi connectivity index (χ4v) is 1.60. The van der Waals surface area contributed by atoms with Crippen molar-refractivity contribution in [3.63, 3.8) is 0 Å². The first-order chi connectivity index (χ1) is 10.1. The van der Waals surface area contributed by atoms with Crippen LogP contribution in [0.5, 0.6) is 0 Å². The van der Waals surface area contributed by atoms with Gasteiger partial charge in [-0.1, -0.05) is 0 Å². The summed E-state index contributed by atoms with van der Waals surface area (Å²) in [7, 11) is 3.94. The Hall–Kier alpha value is -2.69. The van der Waals surface area contributed by atoms with E-state index in [1.807, 2.05) is 43.3 Å². The number of carbonyl (C=O) groups is 1. The molecule has 0 aromatic heterocycles. The molecule has 0 saturated heterocycles. The molecule has 0 aliphatic carbocycles. The molecule has 0 heterocycles. The van der Waals surface area contributed by atoms with Crippen molar-refractivity contribution in [2.75, 3.05) is 19.0 Å². The first kappa shape index (κ1) is 12.3. The van der Waals surface area contributed by atoms with Gasteiger partial charge in [0.1, 0.15) is 0 Å². The third-order valence-electron chi connectivity index (χ3n) is 2.75. The third-order valence-corrected chi connectivity index (χ3v) is 2.75. The zero-order valence-electron chi connectivity index (χ0n) is 12.3. The quantitative estimate of drug-likeness (QED) is 0.858. The number of carboxylic acids is 1. The molecule has 5 heteroatoms. The van der Waals surface area contributed by atoms with Crippen molar-refractivity contribution in [2.24, 2.45) is 10.2 Å². The van der Waals surface area contributed by atoms with Crippen LogP contribution in [0.25, 0.3) is 1.43 Å². The Balaban J connectivity index is 2.08. The van der Waals surface area contributed by atoms with E-state index in [0.717, 1.165) is 11.4 Å². The summed E-state index contributed by atoms with van der Waals surface area (Å²) >= 11 is 0. The molecule has 5 nitrogen and oxygen atoms in total. The number of benzene rings is 2. The molecule has 2 aromatic rings. The summed E-state index contributed by atoms with van der Waals surface area (Å²) in [4.78, 5) is 13.1. The van der Waals surface area contributed by atoms with Crippen LogP contribution in [-0.2, 0) is 0 Å². The van der Waals surface area contributed by atoms with Gasteiger partial charge < -0.3 is 10.0 Å². The first-order valence-corrected chi connectivity index (χ1v) is 6.07. The van der Waals surface area contributed by atoms with Gasteiger partial charge in [-0.05, 0) is 48.5 Å². The fraction of sp³-hybridized carbons (Fsp3) is 0.133. The maximum atomic E-state index is 11.1. The third kappa shape index (κ3) is 3.41. The lowest BCUT2D eigenvalue weighted by atomic mass is 10.2. The van der Waals surface area contributed by atoms with E-state index in [2.05, 4.69) is 15.3 Å². The minimum atomic E-state index is -0.697. The predicted molar refractivity (Wildman–Crippen MR) is 78.3 cm³/mol. The number of hydrogen-bond acceptors (Lipinski definition) is 5. The molecule has 0 atom stereocenters. The molecule has 2 aromatic carbocycles. The second-order valence-electron chi connectivity index (χ2n) is 4.45. The van der Waals surface area contributed by atoms with Crippen LogP contribution in [0.1, 0.15) is 10.4 Å². The van der Waals surface area contributed by atoms with Crippen LogP contribution in [-0.4, -0.2) is 25.2 Å². The molecule has 0 spiro atoms. The predicted octanol–water partition coefficient (Wildman–Crippen LogP) is 3.87. The van der Waals surface area contributed by atoms with Crippen LogP contribution in [0.15, 0.2) is 58.8 Å². The fourth-order valence-electron chi connectivity index (χ4n) is 1.60. The maximum Gasteiger partial charge on any atom is 0.335 e. The molecule has 0 aliphatic rings. The number of anilines is 1. The summed E-state index contributed by atoms with van der Waals surface area (Å²) in [5.74, 6) is -0.697. The van der Waals surface area contributed by atoms with Gasteiger partial charge in [0.2, 0.25) is 0 Å². The largest absolute Gasteiger partial charge is 0.478 e. The summed E-state index contributed by atoms with van der Waals surface area (Å²) in [5, 5.41) is 12.1. The number of azo groups is 1. The van der Waals surface area contributed by atoms with E-state index in [1.54, 1.807) is 24.3 Å². The molecule has 0 amide bonds. The standard InChI is InChI=1S/C15H15N3O2/c1-18(2)14-9-7-13(8-10-14)17-16-12-5-3-11(4-6-12)15(19)20/h3-10H,1-2H3,(H,19,20)/i/hD. The summed E-state index contributed by atoms with van der Waals surface area (Å²) in [6.45, 7) is 0.